The van der Waals surface area contributed by atoms with Crippen LogP contribution in [0.2, 0.25) is 0 Å². The first-order valence-corrected chi connectivity index (χ1v) is 5.51. The normalized spacial score (nSPS) is 9.16. The Morgan fingerprint density at radius 3 is 2.68 bits per heavy atom. The zero-order valence-corrected chi connectivity index (χ0v) is 10.4. The van der Waals surface area contributed by atoms with Crippen molar-refractivity contribution in [3.05, 3.63) is 52.1 Å². The lowest BCUT2D eigenvalue weighted by Gasteiger charge is -2.03. The summed E-state index contributed by atoms with van der Waals surface area (Å²) in [6, 6.07) is 5.69. The highest BCUT2D eigenvalue weighted by atomic mass is 19.1. The van der Waals surface area contributed by atoms with Gasteiger partial charge in [0.15, 0.2) is 0 Å². The monoisotopic (exact) mass is 262 g/mol. The van der Waals surface area contributed by atoms with Gasteiger partial charge in [0.1, 0.15) is 29.8 Å². The van der Waals surface area contributed by atoms with Gasteiger partial charge < -0.3 is 0 Å². The maximum Gasteiger partial charge on any atom is 0.307 e. The first-order valence-electron chi connectivity index (χ1n) is 5.51. The molecular formula is C12H11FN4O2. The fourth-order valence-electron chi connectivity index (χ4n) is 1.35. The Labute approximate surface area is 108 Å². The molecule has 0 atom stereocenters. The van der Waals surface area contributed by atoms with Crippen molar-refractivity contribution in [2.75, 3.05) is 0 Å². The Hall–Kier alpha value is -2.75. The molecule has 0 bridgehead atoms. The van der Waals surface area contributed by atoms with E-state index in [4.69, 9.17) is 5.26 Å². The standard InChI is InChI=1S/C10H5FN4O2.C2H6/c11-9-2-1-3-10(8(9)4-12)14-6-7(5-13-14)15(16)17;1-2/h1-3,5-6H;1-2H3. The van der Waals surface area contributed by atoms with Gasteiger partial charge in [0.2, 0.25) is 0 Å². The van der Waals surface area contributed by atoms with Crippen molar-refractivity contribution in [2.45, 2.75) is 13.8 Å². The highest BCUT2D eigenvalue weighted by Gasteiger charge is 2.14. The summed E-state index contributed by atoms with van der Waals surface area (Å²) >= 11 is 0. The molecule has 0 aliphatic rings. The van der Waals surface area contributed by atoms with Crippen LogP contribution in [0.3, 0.4) is 0 Å². The quantitative estimate of drug-likeness (QED) is 0.615. The summed E-state index contributed by atoms with van der Waals surface area (Å²) in [7, 11) is 0. The molecule has 0 fully saturated rings. The topological polar surface area (TPSA) is 84.8 Å². The molecule has 0 aliphatic carbocycles. The van der Waals surface area contributed by atoms with Crippen LogP contribution >= 0.6 is 0 Å². The molecule has 0 saturated heterocycles. The highest BCUT2D eigenvalue weighted by Crippen LogP contribution is 2.19. The maximum absolute atomic E-state index is 13.3. The average molecular weight is 262 g/mol. The number of rotatable bonds is 2. The van der Waals surface area contributed by atoms with Crippen molar-refractivity contribution in [1.82, 2.24) is 9.78 Å². The molecule has 98 valence electrons. The number of benzene rings is 1. The highest BCUT2D eigenvalue weighted by molar-refractivity contribution is 5.49. The van der Waals surface area contributed by atoms with E-state index in [1.54, 1.807) is 6.07 Å². The van der Waals surface area contributed by atoms with Gasteiger partial charge in [-0.1, -0.05) is 19.9 Å². The lowest BCUT2D eigenvalue weighted by molar-refractivity contribution is -0.384. The minimum atomic E-state index is -0.692. The molecule has 6 nitrogen and oxygen atoms in total. The van der Waals surface area contributed by atoms with Crippen LogP contribution in [0.15, 0.2) is 30.6 Å². The SMILES string of the molecule is CC.N#Cc1c(F)cccc1-n1cc([N+](=O)[O-])cn1. The lowest BCUT2D eigenvalue weighted by Crippen LogP contribution is -1.99. The molecule has 0 radical (unpaired) electrons. The number of hydrogen-bond donors (Lipinski definition) is 0. The molecule has 0 N–H and O–H groups in total. The molecule has 0 spiro atoms. The van der Waals surface area contributed by atoms with Crippen LogP contribution in [-0.4, -0.2) is 14.7 Å². The van der Waals surface area contributed by atoms with Gasteiger partial charge in [0.25, 0.3) is 0 Å². The van der Waals surface area contributed by atoms with Crippen molar-refractivity contribution in [2.24, 2.45) is 0 Å². The Bertz CT molecular complexity index is 631. The first kappa shape index (κ1) is 14.3. The second-order valence-corrected chi connectivity index (χ2v) is 3.15. The minimum Gasteiger partial charge on any atom is -0.258 e. The zero-order chi connectivity index (χ0) is 14.4. The van der Waals surface area contributed by atoms with E-state index in [0.717, 1.165) is 23.1 Å². The van der Waals surface area contributed by atoms with Gasteiger partial charge in [0, 0.05) is 0 Å². The second-order valence-electron chi connectivity index (χ2n) is 3.15. The van der Waals surface area contributed by atoms with E-state index in [2.05, 4.69) is 5.10 Å². The van der Waals surface area contributed by atoms with Crippen LogP contribution in [0.5, 0.6) is 0 Å². The molecular weight excluding hydrogens is 251 g/mol. The molecule has 1 heterocycles. The summed E-state index contributed by atoms with van der Waals surface area (Å²) in [5, 5.41) is 23.0. The van der Waals surface area contributed by atoms with Gasteiger partial charge in [-0.2, -0.15) is 10.4 Å². The third-order valence-corrected chi connectivity index (χ3v) is 2.13. The van der Waals surface area contributed by atoms with E-state index >= 15 is 0 Å². The van der Waals surface area contributed by atoms with Crippen LogP contribution < -0.4 is 0 Å². The van der Waals surface area contributed by atoms with E-state index in [1.807, 2.05) is 13.8 Å². The van der Waals surface area contributed by atoms with E-state index in [-0.39, 0.29) is 16.9 Å². The lowest BCUT2D eigenvalue weighted by atomic mass is 10.2. The third-order valence-electron chi connectivity index (χ3n) is 2.13. The van der Waals surface area contributed by atoms with Crippen molar-refractivity contribution in [3.8, 4) is 11.8 Å². The van der Waals surface area contributed by atoms with Crippen molar-refractivity contribution < 1.29 is 9.31 Å². The Morgan fingerprint density at radius 1 is 1.47 bits per heavy atom. The third kappa shape index (κ3) is 2.93. The van der Waals surface area contributed by atoms with E-state index in [1.165, 1.54) is 12.1 Å². The van der Waals surface area contributed by atoms with Gasteiger partial charge in [-0.25, -0.2) is 9.07 Å². The second kappa shape index (κ2) is 6.26. The van der Waals surface area contributed by atoms with E-state index in [0.29, 0.717) is 0 Å². The Morgan fingerprint density at radius 2 is 2.16 bits per heavy atom. The molecule has 2 rings (SSSR count). The van der Waals surface area contributed by atoms with E-state index in [9.17, 15) is 14.5 Å². The molecule has 2 aromatic rings. The number of aromatic nitrogens is 2. The van der Waals surface area contributed by atoms with Gasteiger partial charge in [0.05, 0.1) is 10.6 Å². The predicted molar refractivity (Wildman–Crippen MR) is 66.2 cm³/mol. The number of halogens is 1. The molecule has 1 aromatic heterocycles. The Balaban J connectivity index is 0.000000861. The van der Waals surface area contributed by atoms with Crippen molar-refractivity contribution in [3.63, 3.8) is 0 Å². The summed E-state index contributed by atoms with van der Waals surface area (Å²) in [4.78, 5) is 9.86. The fraction of sp³-hybridized carbons (Fsp3) is 0.167. The molecule has 0 amide bonds. The number of hydrogen-bond acceptors (Lipinski definition) is 4. The summed E-state index contributed by atoms with van der Waals surface area (Å²) in [6.45, 7) is 4.00. The van der Waals surface area contributed by atoms with E-state index < -0.39 is 10.7 Å². The molecule has 0 unspecified atom stereocenters. The molecule has 19 heavy (non-hydrogen) atoms. The summed E-state index contributed by atoms with van der Waals surface area (Å²) in [6.07, 6.45) is 2.15. The number of nitriles is 1. The van der Waals surface area contributed by atoms with Crippen LogP contribution in [0.25, 0.3) is 5.69 Å². The predicted octanol–water partition coefficient (Wildman–Crippen LogP) is 2.82. The molecule has 0 aliphatic heterocycles. The zero-order valence-electron chi connectivity index (χ0n) is 10.4. The van der Waals surface area contributed by atoms with Gasteiger partial charge in [-0.15, -0.1) is 0 Å². The summed E-state index contributed by atoms with van der Waals surface area (Å²) in [5.74, 6) is -0.692. The average Bonchev–Trinajstić information content (AvgIpc) is 2.90. The maximum atomic E-state index is 13.3. The Kier molecular flexibility index (Phi) is 4.71. The summed E-state index contributed by atoms with van der Waals surface area (Å²) in [5.41, 5.74) is -0.260. The number of nitrogens with zero attached hydrogens (tertiary/aromatic N) is 4. The molecule has 7 heteroatoms. The minimum absolute atomic E-state index is 0.167. The van der Waals surface area contributed by atoms with Gasteiger partial charge in [-0.3, -0.25) is 10.1 Å². The smallest absolute Gasteiger partial charge is 0.258 e. The first-order chi connectivity index (χ1) is 9.13. The van der Waals surface area contributed by atoms with Gasteiger partial charge >= 0.3 is 5.69 Å². The summed E-state index contributed by atoms with van der Waals surface area (Å²) < 4.78 is 14.4. The largest absolute Gasteiger partial charge is 0.307 e. The van der Waals surface area contributed by atoms with Gasteiger partial charge in [-0.05, 0) is 12.1 Å². The number of nitro groups is 1. The van der Waals surface area contributed by atoms with Crippen LogP contribution in [-0.2, 0) is 0 Å². The van der Waals surface area contributed by atoms with Crippen LogP contribution in [0.4, 0.5) is 10.1 Å². The molecule has 0 saturated carbocycles. The fourth-order valence-corrected chi connectivity index (χ4v) is 1.35. The van der Waals surface area contributed by atoms with Crippen molar-refractivity contribution >= 4 is 5.69 Å². The van der Waals surface area contributed by atoms with Crippen LogP contribution in [0, 0.1) is 27.3 Å². The van der Waals surface area contributed by atoms with Crippen LogP contribution in [0.1, 0.15) is 19.4 Å². The van der Waals surface area contributed by atoms with Crippen molar-refractivity contribution in [1.29, 1.82) is 5.26 Å². The molecule has 1 aromatic carbocycles.